The summed E-state index contributed by atoms with van der Waals surface area (Å²) in [5.74, 6) is -0.0556. The normalized spacial score (nSPS) is 12.8. The summed E-state index contributed by atoms with van der Waals surface area (Å²) in [6.45, 7) is 2.43. The minimum absolute atomic E-state index is 0.0495. The van der Waals surface area contributed by atoms with Gasteiger partial charge in [-0.15, -0.1) is 10.2 Å². The molecular weight excluding hydrogens is 434 g/mol. The number of nitrogens with one attached hydrogen (secondary N) is 1. The molecule has 1 aliphatic rings. The van der Waals surface area contributed by atoms with Crippen molar-refractivity contribution in [1.82, 2.24) is 24.8 Å². The molecule has 2 aromatic carbocycles. The van der Waals surface area contributed by atoms with E-state index in [1.165, 1.54) is 4.90 Å². The average molecular weight is 455 g/mol. The van der Waals surface area contributed by atoms with E-state index in [-0.39, 0.29) is 30.8 Å². The van der Waals surface area contributed by atoms with Gasteiger partial charge in [-0.2, -0.15) is 0 Å². The number of benzene rings is 2. The lowest BCUT2D eigenvalue weighted by Crippen LogP contribution is -2.29. The van der Waals surface area contributed by atoms with Crippen LogP contribution in [0.2, 0.25) is 0 Å². The summed E-state index contributed by atoms with van der Waals surface area (Å²) in [4.78, 5) is 39.7. The van der Waals surface area contributed by atoms with Gasteiger partial charge in [0.15, 0.2) is 11.5 Å². The maximum Gasteiger partial charge on any atom is 0.261 e. The van der Waals surface area contributed by atoms with Crippen molar-refractivity contribution in [3.05, 3.63) is 94.9 Å². The molecule has 0 saturated carbocycles. The Labute approximate surface area is 195 Å². The van der Waals surface area contributed by atoms with E-state index in [1.807, 2.05) is 31.3 Å². The molecule has 0 unspecified atom stereocenters. The van der Waals surface area contributed by atoms with Gasteiger partial charge in [0.25, 0.3) is 17.7 Å². The van der Waals surface area contributed by atoms with Crippen molar-refractivity contribution >= 4 is 23.4 Å². The molecule has 0 aliphatic carbocycles. The van der Waals surface area contributed by atoms with Crippen molar-refractivity contribution in [3.8, 4) is 5.75 Å². The highest BCUT2D eigenvalue weighted by atomic mass is 16.5. The molecule has 5 rings (SSSR count). The zero-order chi connectivity index (χ0) is 23.7. The second kappa shape index (κ2) is 8.78. The number of hydrogen-bond donors (Lipinski definition) is 1. The smallest absolute Gasteiger partial charge is 0.261 e. The molecule has 3 amide bonds. The minimum atomic E-state index is -0.361. The first-order chi connectivity index (χ1) is 16.6. The van der Waals surface area contributed by atoms with Crippen molar-refractivity contribution < 1.29 is 19.1 Å². The van der Waals surface area contributed by atoms with Crippen LogP contribution in [0.1, 0.15) is 49.4 Å². The maximum atomic E-state index is 13.1. The lowest BCUT2D eigenvalue weighted by atomic mass is 10.1. The number of amides is 3. The van der Waals surface area contributed by atoms with E-state index < -0.39 is 0 Å². The van der Waals surface area contributed by atoms with Gasteiger partial charge in [-0.1, -0.05) is 24.3 Å². The number of fused-ring (bicyclic) bond motifs is 2. The Hall–Kier alpha value is -4.53. The molecule has 1 N–H and O–H groups in total. The molecule has 9 heteroatoms. The summed E-state index contributed by atoms with van der Waals surface area (Å²) in [7, 11) is 0. The Bertz CT molecular complexity index is 1390. The third-order valence-corrected chi connectivity index (χ3v) is 5.60. The van der Waals surface area contributed by atoms with Gasteiger partial charge in [0.2, 0.25) is 0 Å². The van der Waals surface area contributed by atoms with Gasteiger partial charge in [-0.05, 0) is 48.9 Å². The maximum absolute atomic E-state index is 13.1. The fourth-order valence-corrected chi connectivity index (χ4v) is 3.97. The van der Waals surface area contributed by atoms with Crippen LogP contribution in [0.5, 0.6) is 5.75 Å². The van der Waals surface area contributed by atoms with E-state index in [0.29, 0.717) is 46.1 Å². The second-order valence-corrected chi connectivity index (χ2v) is 7.73. The van der Waals surface area contributed by atoms with Gasteiger partial charge >= 0.3 is 0 Å². The Kier molecular flexibility index (Phi) is 5.51. The van der Waals surface area contributed by atoms with Gasteiger partial charge in [-0.25, -0.2) is 0 Å². The van der Waals surface area contributed by atoms with Crippen LogP contribution in [0.15, 0.2) is 66.9 Å². The average Bonchev–Trinajstić information content (AvgIpc) is 3.38. The SMILES string of the molecule is CCOc1ccc(CN2C(=O)c3ccccc3C2=O)cc1C(=O)NCc1nnc2ccccn12. The van der Waals surface area contributed by atoms with Crippen LogP contribution in [0.4, 0.5) is 0 Å². The molecule has 2 aromatic heterocycles. The van der Waals surface area contributed by atoms with Gasteiger partial charge in [0.05, 0.1) is 36.4 Å². The molecule has 4 aromatic rings. The second-order valence-electron chi connectivity index (χ2n) is 7.73. The number of carbonyl (C=O) groups excluding carboxylic acids is 3. The Balaban J connectivity index is 1.37. The zero-order valence-electron chi connectivity index (χ0n) is 18.4. The third-order valence-electron chi connectivity index (χ3n) is 5.60. The molecular formula is C25H21N5O4. The zero-order valence-corrected chi connectivity index (χ0v) is 18.4. The Morgan fingerprint density at radius 2 is 1.71 bits per heavy atom. The summed E-state index contributed by atoms with van der Waals surface area (Å²) in [6.07, 6.45) is 1.82. The standard InChI is InChI=1S/C25H21N5O4/c1-2-34-20-11-10-16(15-30-24(32)17-7-3-4-8-18(17)25(30)33)13-19(20)23(31)26-14-22-28-27-21-9-5-6-12-29(21)22/h3-13H,2,14-15H2,1H3,(H,26,31). The monoisotopic (exact) mass is 455 g/mol. The highest BCUT2D eigenvalue weighted by Gasteiger charge is 2.35. The highest BCUT2D eigenvalue weighted by molar-refractivity contribution is 6.21. The summed E-state index contributed by atoms with van der Waals surface area (Å²) in [5, 5.41) is 11.1. The molecule has 0 saturated heterocycles. The number of aromatic nitrogens is 3. The van der Waals surface area contributed by atoms with Gasteiger partial charge in [-0.3, -0.25) is 23.7 Å². The number of nitrogens with zero attached hydrogens (tertiary/aromatic N) is 4. The van der Waals surface area contributed by atoms with Gasteiger partial charge in [0.1, 0.15) is 5.75 Å². The first-order valence-electron chi connectivity index (χ1n) is 10.8. The molecule has 3 heterocycles. The van der Waals surface area contributed by atoms with Crippen LogP contribution in [-0.4, -0.2) is 43.8 Å². The number of ether oxygens (including phenoxy) is 1. The summed E-state index contributed by atoms with van der Waals surface area (Å²) in [6, 6.07) is 17.4. The molecule has 0 radical (unpaired) electrons. The fourth-order valence-electron chi connectivity index (χ4n) is 3.97. The lowest BCUT2D eigenvalue weighted by Gasteiger charge is -2.16. The van der Waals surface area contributed by atoms with Crippen molar-refractivity contribution in [2.75, 3.05) is 6.61 Å². The van der Waals surface area contributed by atoms with Crippen LogP contribution in [-0.2, 0) is 13.1 Å². The van der Waals surface area contributed by atoms with E-state index in [2.05, 4.69) is 15.5 Å². The number of pyridine rings is 1. The third kappa shape index (κ3) is 3.77. The minimum Gasteiger partial charge on any atom is -0.493 e. The van der Waals surface area contributed by atoms with Crippen molar-refractivity contribution in [2.24, 2.45) is 0 Å². The molecule has 34 heavy (non-hydrogen) atoms. The Morgan fingerprint density at radius 3 is 2.44 bits per heavy atom. The van der Waals surface area contributed by atoms with Gasteiger partial charge in [0, 0.05) is 6.20 Å². The van der Waals surface area contributed by atoms with Crippen molar-refractivity contribution in [2.45, 2.75) is 20.0 Å². The van der Waals surface area contributed by atoms with Gasteiger partial charge < -0.3 is 10.1 Å². The van der Waals surface area contributed by atoms with Crippen LogP contribution in [0, 0.1) is 0 Å². The highest BCUT2D eigenvalue weighted by Crippen LogP contribution is 2.26. The van der Waals surface area contributed by atoms with E-state index in [0.717, 1.165) is 0 Å². The largest absolute Gasteiger partial charge is 0.493 e. The van der Waals surface area contributed by atoms with E-state index in [4.69, 9.17) is 4.74 Å². The van der Waals surface area contributed by atoms with Crippen molar-refractivity contribution in [3.63, 3.8) is 0 Å². The van der Waals surface area contributed by atoms with E-state index in [1.54, 1.807) is 46.9 Å². The topological polar surface area (TPSA) is 106 Å². The number of carbonyl (C=O) groups is 3. The lowest BCUT2D eigenvalue weighted by molar-refractivity contribution is 0.0642. The fraction of sp³-hybridized carbons (Fsp3) is 0.160. The predicted molar refractivity (Wildman–Crippen MR) is 122 cm³/mol. The Morgan fingerprint density at radius 1 is 0.971 bits per heavy atom. The van der Waals surface area contributed by atoms with Crippen LogP contribution >= 0.6 is 0 Å². The number of rotatable bonds is 7. The first kappa shape index (κ1) is 21.3. The van der Waals surface area contributed by atoms with Crippen LogP contribution in [0.25, 0.3) is 5.65 Å². The van der Waals surface area contributed by atoms with Crippen LogP contribution < -0.4 is 10.1 Å². The molecule has 9 nitrogen and oxygen atoms in total. The number of imide groups is 1. The van der Waals surface area contributed by atoms with E-state index >= 15 is 0 Å². The van der Waals surface area contributed by atoms with Crippen LogP contribution in [0.3, 0.4) is 0 Å². The predicted octanol–water partition coefficient (Wildman–Crippen LogP) is 2.85. The molecule has 1 aliphatic heterocycles. The van der Waals surface area contributed by atoms with Crippen molar-refractivity contribution in [1.29, 1.82) is 0 Å². The summed E-state index contributed by atoms with van der Waals surface area (Å²) < 4.78 is 7.44. The molecule has 0 atom stereocenters. The first-order valence-corrected chi connectivity index (χ1v) is 10.8. The molecule has 0 fully saturated rings. The van der Waals surface area contributed by atoms with E-state index in [9.17, 15) is 14.4 Å². The summed E-state index contributed by atoms with van der Waals surface area (Å²) >= 11 is 0. The molecule has 0 spiro atoms. The molecule has 0 bridgehead atoms. The summed E-state index contributed by atoms with van der Waals surface area (Å²) in [5.41, 5.74) is 2.40. The molecule has 170 valence electrons. The number of hydrogen-bond acceptors (Lipinski definition) is 6. The quantitative estimate of drug-likeness (QED) is 0.430.